The summed E-state index contributed by atoms with van der Waals surface area (Å²) in [5.74, 6) is 1.14. The number of thiocarbonyl (C=S) groups is 1. The molecule has 4 aromatic rings. The first-order valence-corrected chi connectivity index (χ1v) is 10.5. The highest BCUT2D eigenvalue weighted by atomic mass is 35.5. The minimum Gasteiger partial charge on any atom is -0.459 e. The minimum atomic E-state index is -0.303. The summed E-state index contributed by atoms with van der Waals surface area (Å²) in [7, 11) is 0. The number of hydrogen-bond donors (Lipinski definition) is 1. The van der Waals surface area contributed by atoms with Crippen LogP contribution in [0.25, 0.3) is 11.3 Å². The number of benzene rings is 2. The van der Waals surface area contributed by atoms with Gasteiger partial charge in [-0.1, -0.05) is 17.7 Å². The third kappa shape index (κ3) is 3.80. The molecular formula is C24H17ClFN3OS. The first-order valence-electron chi connectivity index (χ1n) is 9.72. The Bertz CT molecular complexity index is 1210. The SMILES string of the molecule is Fc1ccc(N2C(=S)N[C@H](c3ccccn3)[C@H]2c2ccc(-c3ccc(Cl)cc3)o2)cc1. The van der Waals surface area contributed by atoms with Crippen LogP contribution in [-0.4, -0.2) is 10.1 Å². The lowest BCUT2D eigenvalue weighted by Crippen LogP contribution is -2.29. The number of halogens is 2. The fourth-order valence-corrected chi connectivity index (χ4v) is 4.28. The van der Waals surface area contributed by atoms with E-state index in [0.717, 1.165) is 28.5 Å². The molecule has 2 aromatic carbocycles. The number of nitrogens with zero attached hydrogens (tertiary/aromatic N) is 2. The molecule has 0 radical (unpaired) electrons. The van der Waals surface area contributed by atoms with Gasteiger partial charge in [0.15, 0.2) is 5.11 Å². The van der Waals surface area contributed by atoms with E-state index in [-0.39, 0.29) is 17.9 Å². The van der Waals surface area contributed by atoms with Crippen molar-refractivity contribution in [3.63, 3.8) is 0 Å². The molecule has 0 bridgehead atoms. The van der Waals surface area contributed by atoms with Gasteiger partial charge >= 0.3 is 0 Å². The van der Waals surface area contributed by atoms with Gasteiger partial charge in [0.05, 0.1) is 11.7 Å². The topological polar surface area (TPSA) is 41.3 Å². The highest BCUT2D eigenvalue weighted by molar-refractivity contribution is 7.80. The third-order valence-corrected chi connectivity index (χ3v) is 5.82. The lowest BCUT2D eigenvalue weighted by Gasteiger charge is -2.26. The molecule has 5 rings (SSSR count). The Morgan fingerprint density at radius 1 is 0.968 bits per heavy atom. The van der Waals surface area contributed by atoms with Crippen LogP contribution in [-0.2, 0) is 0 Å². The van der Waals surface area contributed by atoms with Gasteiger partial charge in [-0.3, -0.25) is 4.98 Å². The second-order valence-corrected chi connectivity index (χ2v) is 8.01. The van der Waals surface area contributed by atoms with E-state index in [0.29, 0.717) is 10.1 Å². The Balaban J connectivity index is 1.59. The summed E-state index contributed by atoms with van der Waals surface area (Å²) in [5.41, 5.74) is 2.53. The second kappa shape index (κ2) is 8.13. The molecule has 1 fully saturated rings. The maximum atomic E-state index is 13.5. The van der Waals surface area contributed by atoms with Gasteiger partial charge < -0.3 is 14.6 Å². The van der Waals surface area contributed by atoms with Crippen molar-refractivity contribution in [3.8, 4) is 11.3 Å². The van der Waals surface area contributed by atoms with Gasteiger partial charge in [0, 0.05) is 22.5 Å². The van der Waals surface area contributed by atoms with E-state index in [1.54, 1.807) is 18.3 Å². The number of rotatable bonds is 4. The van der Waals surface area contributed by atoms with Crippen molar-refractivity contribution in [1.82, 2.24) is 10.3 Å². The van der Waals surface area contributed by atoms with Crippen LogP contribution in [0.5, 0.6) is 0 Å². The maximum Gasteiger partial charge on any atom is 0.174 e. The van der Waals surface area contributed by atoms with Gasteiger partial charge in [-0.2, -0.15) is 0 Å². The summed E-state index contributed by atoms with van der Waals surface area (Å²) in [6.45, 7) is 0. The maximum absolute atomic E-state index is 13.5. The number of furan rings is 1. The summed E-state index contributed by atoms with van der Waals surface area (Å²) >= 11 is 11.7. The molecule has 0 unspecified atom stereocenters. The molecule has 4 nitrogen and oxygen atoms in total. The van der Waals surface area contributed by atoms with Crippen molar-refractivity contribution in [2.45, 2.75) is 12.1 Å². The predicted octanol–water partition coefficient (Wildman–Crippen LogP) is 6.31. The molecule has 1 aliphatic rings. The number of nitrogens with one attached hydrogen (secondary N) is 1. The molecule has 1 saturated heterocycles. The normalized spacial score (nSPS) is 18.3. The molecule has 1 N–H and O–H groups in total. The van der Waals surface area contributed by atoms with Crippen LogP contribution in [0.1, 0.15) is 23.5 Å². The Morgan fingerprint density at radius 3 is 2.45 bits per heavy atom. The van der Waals surface area contributed by atoms with Gasteiger partial charge in [-0.05, 0) is 85.0 Å². The van der Waals surface area contributed by atoms with Crippen LogP contribution in [0.4, 0.5) is 10.1 Å². The summed E-state index contributed by atoms with van der Waals surface area (Å²) < 4.78 is 19.8. The van der Waals surface area contributed by atoms with Gasteiger partial charge in [0.2, 0.25) is 0 Å². The summed E-state index contributed by atoms with van der Waals surface area (Å²) in [6, 6.07) is 22.8. The highest BCUT2D eigenvalue weighted by Crippen LogP contribution is 2.42. The van der Waals surface area contributed by atoms with E-state index in [2.05, 4.69) is 10.3 Å². The molecular weight excluding hydrogens is 433 g/mol. The predicted molar refractivity (Wildman–Crippen MR) is 123 cm³/mol. The molecule has 2 aromatic heterocycles. The molecule has 0 aliphatic carbocycles. The van der Waals surface area contributed by atoms with Gasteiger partial charge in [-0.25, -0.2) is 4.39 Å². The molecule has 0 amide bonds. The van der Waals surface area contributed by atoms with Crippen molar-refractivity contribution in [2.75, 3.05) is 4.90 Å². The van der Waals surface area contributed by atoms with Gasteiger partial charge in [0.25, 0.3) is 0 Å². The van der Waals surface area contributed by atoms with Gasteiger partial charge in [-0.15, -0.1) is 0 Å². The van der Waals surface area contributed by atoms with Crippen molar-refractivity contribution >= 4 is 34.6 Å². The first-order chi connectivity index (χ1) is 15.1. The largest absolute Gasteiger partial charge is 0.459 e. The zero-order valence-corrected chi connectivity index (χ0v) is 17.8. The molecule has 31 heavy (non-hydrogen) atoms. The van der Waals surface area contributed by atoms with Crippen LogP contribution in [0.3, 0.4) is 0 Å². The minimum absolute atomic E-state index is 0.233. The van der Waals surface area contributed by atoms with E-state index in [9.17, 15) is 4.39 Å². The monoisotopic (exact) mass is 449 g/mol. The standard InChI is InChI=1S/C24H17ClFN3OS/c25-16-6-4-15(5-7-16)20-12-13-21(30-20)23-22(19-3-1-2-14-27-19)28-24(31)29(23)18-10-8-17(26)9-11-18/h1-14,22-23H,(H,28,31)/t22-,23-/m1/s1. The number of aromatic nitrogens is 1. The van der Waals surface area contributed by atoms with Crippen molar-refractivity contribution in [1.29, 1.82) is 0 Å². The lowest BCUT2D eigenvalue weighted by molar-refractivity contribution is 0.439. The molecule has 1 aliphatic heterocycles. The number of anilines is 1. The fraction of sp³-hybridized carbons (Fsp3) is 0.0833. The van der Waals surface area contributed by atoms with Crippen molar-refractivity contribution in [2.24, 2.45) is 0 Å². The molecule has 3 heterocycles. The van der Waals surface area contributed by atoms with Crippen LogP contribution < -0.4 is 10.2 Å². The molecule has 2 atom stereocenters. The molecule has 0 spiro atoms. The zero-order valence-electron chi connectivity index (χ0n) is 16.2. The highest BCUT2D eigenvalue weighted by Gasteiger charge is 2.42. The summed E-state index contributed by atoms with van der Waals surface area (Å²) in [5, 5.41) is 4.55. The van der Waals surface area contributed by atoms with E-state index >= 15 is 0 Å². The van der Waals surface area contributed by atoms with Gasteiger partial charge in [0.1, 0.15) is 23.4 Å². The average Bonchev–Trinajstić information content (AvgIpc) is 3.40. The van der Waals surface area contributed by atoms with Crippen LogP contribution >= 0.6 is 23.8 Å². The molecule has 7 heteroatoms. The molecule has 0 saturated carbocycles. The average molecular weight is 450 g/mol. The van der Waals surface area contributed by atoms with E-state index in [1.807, 2.05) is 59.5 Å². The molecule has 154 valence electrons. The van der Waals surface area contributed by atoms with E-state index in [4.69, 9.17) is 28.2 Å². The Labute approximate surface area is 189 Å². The quantitative estimate of drug-likeness (QED) is 0.370. The lowest BCUT2D eigenvalue weighted by atomic mass is 10.0. The van der Waals surface area contributed by atoms with E-state index in [1.165, 1.54) is 12.1 Å². The Hall–Kier alpha value is -3.22. The van der Waals surface area contributed by atoms with Crippen LogP contribution in [0.15, 0.2) is 89.5 Å². The van der Waals surface area contributed by atoms with E-state index < -0.39 is 0 Å². The zero-order chi connectivity index (χ0) is 21.4. The first kappa shape index (κ1) is 19.7. The van der Waals surface area contributed by atoms with Crippen LogP contribution in [0, 0.1) is 5.82 Å². The Kier molecular flexibility index (Phi) is 5.18. The second-order valence-electron chi connectivity index (χ2n) is 7.18. The van der Waals surface area contributed by atoms with Crippen molar-refractivity contribution in [3.05, 3.63) is 107 Å². The number of pyridine rings is 1. The van der Waals surface area contributed by atoms with Crippen molar-refractivity contribution < 1.29 is 8.81 Å². The third-order valence-electron chi connectivity index (χ3n) is 5.25. The van der Waals surface area contributed by atoms with Crippen LogP contribution in [0.2, 0.25) is 5.02 Å². The fourth-order valence-electron chi connectivity index (χ4n) is 3.80. The smallest absolute Gasteiger partial charge is 0.174 e. The summed E-state index contributed by atoms with van der Waals surface area (Å²) in [4.78, 5) is 6.47. The number of hydrogen-bond acceptors (Lipinski definition) is 3. The Morgan fingerprint density at radius 2 is 1.74 bits per heavy atom. The summed E-state index contributed by atoms with van der Waals surface area (Å²) in [6.07, 6.45) is 1.75.